The fraction of sp³-hybridized carbons (Fsp3) is 0.200. The molecule has 0 heterocycles. The van der Waals surface area contributed by atoms with Crippen LogP contribution < -0.4 is 0 Å². The summed E-state index contributed by atoms with van der Waals surface area (Å²) >= 11 is 0. The lowest BCUT2D eigenvalue weighted by Gasteiger charge is -2.08. The van der Waals surface area contributed by atoms with Crippen molar-refractivity contribution < 1.29 is 8.78 Å². The highest BCUT2D eigenvalue weighted by Gasteiger charge is 2.08. The van der Waals surface area contributed by atoms with Gasteiger partial charge in [-0.05, 0) is 60.1 Å². The van der Waals surface area contributed by atoms with Gasteiger partial charge in [-0.3, -0.25) is 0 Å². The lowest BCUT2D eigenvalue weighted by molar-refractivity contribution is 0.631. The molecule has 0 amide bonds. The van der Waals surface area contributed by atoms with Crippen molar-refractivity contribution in [2.24, 2.45) is 0 Å². The largest absolute Gasteiger partial charge is 0.212 e. The highest BCUT2D eigenvalue weighted by molar-refractivity contribution is 5.71. The summed E-state index contributed by atoms with van der Waals surface area (Å²) in [7, 11) is 0. The topological polar surface area (TPSA) is 0 Å². The second-order valence-corrected chi connectivity index (χ2v) is 6.77. The van der Waals surface area contributed by atoms with E-state index in [1.165, 1.54) is 12.5 Å². The van der Waals surface area contributed by atoms with Crippen LogP contribution >= 0.6 is 0 Å². The predicted molar refractivity (Wildman–Crippen MR) is 110 cm³/mol. The van der Waals surface area contributed by atoms with E-state index in [-0.39, 0.29) is 11.6 Å². The lowest BCUT2D eigenvalue weighted by atomic mass is 9.97. The molecule has 0 aliphatic heterocycles. The fourth-order valence-electron chi connectivity index (χ4n) is 3.15. The average molecular weight is 362 g/mol. The predicted octanol–water partition coefficient (Wildman–Crippen LogP) is 7.53. The van der Waals surface area contributed by atoms with Crippen molar-refractivity contribution >= 4 is 0 Å². The molecule has 0 aliphatic rings. The van der Waals surface area contributed by atoms with Crippen LogP contribution in [0.2, 0.25) is 0 Å². The molecule has 0 radical (unpaired) electrons. The van der Waals surface area contributed by atoms with E-state index in [9.17, 15) is 8.78 Å². The zero-order chi connectivity index (χ0) is 19.2. The van der Waals surface area contributed by atoms with E-state index in [0.717, 1.165) is 35.1 Å². The minimum Gasteiger partial charge on any atom is -0.212 e. The van der Waals surface area contributed by atoms with Gasteiger partial charge < -0.3 is 0 Å². The number of hydrogen-bond donors (Lipinski definition) is 0. The van der Waals surface area contributed by atoms with E-state index in [1.54, 1.807) is 12.1 Å². The third kappa shape index (κ3) is 4.91. The molecule has 0 nitrogen and oxygen atoms in total. The van der Waals surface area contributed by atoms with Crippen LogP contribution in [-0.4, -0.2) is 0 Å². The van der Waals surface area contributed by atoms with Gasteiger partial charge in [-0.15, -0.1) is 0 Å². The molecule has 3 aromatic carbocycles. The van der Waals surface area contributed by atoms with Crippen LogP contribution in [0.5, 0.6) is 0 Å². The lowest BCUT2D eigenvalue weighted by Crippen LogP contribution is -1.89. The fourth-order valence-corrected chi connectivity index (χ4v) is 3.15. The Morgan fingerprint density at radius 2 is 1.41 bits per heavy atom. The molecular weight excluding hydrogens is 338 g/mol. The van der Waals surface area contributed by atoms with E-state index in [4.69, 9.17) is 0 Å². The molecule has 0 fully saturated rings. The molecule has 0 saturated carbocycles. The molecule has 0 bridgehead atoms. The van der Waals surface area contributed by atoms with E-state index >= 15 is 0 Å². The van der Waals surface area contributed by atoms with Gasteiger partial charge in [0.05, 0.1) is 5.83 Å². The molecule has 0 aliphatic carbocycles. The van der Waals surface area contributed by atoms with Crippen molar-refractivity contribution in [2.45, 2.75) is 33.1 Å². The van der Waals surface area contributed by atoms with Crippen molar-refractivity contribution in [3.63, 3.8) is 0 Å². The molecule has 0 unspecified atom stereocenters. The first-order valence-electron chi connectivity index (χ1n) is 9.37. The van der Waals surface area contributed by atoms with Gasteiger partial charge in [0.1, 0.15) is 5.82 Å². The molecular formula is C25H24F2. The molecule has 2 heteroatoms. The standard InChI is InChI=1S/C25H24F2/c1-3-19-7-11-21(12-8-19)23-15-16-24(25(27)17-23)22-13-9-20(10-14-22)6-4-5-18(2)26/h5,7-17H,3-4,6H2,1-2H3/b18-5-. The zero-order valence-corrected chi connectivity index (χ0v) is 15.8. The van der Waals surface area contributed by atoms with Gasteiger partial charge in [0.15, 0.2) is 0 Å². The highest BCUT2D eigenvalue weighted by atomic mass is 19.1. The van der Waals surface area contributed by atoms with Gasteiger partial charge in [0.2, 0.25) is 0 Å². The van der Waals surface area contributed by atoms with Gasteiger partial charge in [-0.25, -0.2) is 8.78 Å². The smallest absolute Gasteiger partial charge is 0.131 e. The Morgan fingerprint density at radius 1 is 0.815 bits per heavy atom. The van der Waals surface area contributed by atoms with Crippen LogP contribution in [-0.2, 0) is 12.8 Å². The summed E-state index contributed by atoms with van der Waals surface area (Å²) in [5.41, 5.74) is 5.72. The Morgan fingerprint density at radius 3 is 2.00 bits per heavy atom. The SMILES string of the molecule is CCc1ccc(-c2ccc(-c3ccc(CC/C=C(/C)F)cc3)c(F)c2)cc1. The van der Waals surface area contributed by atoms with Crippen LogP contribution in [0.3, 0.4) is 0 Å². The second kappa shape index (κ2) is 8.77. The van der Waals surface area contributed by atoms with E-state index in [0.29, 0.717) is 12.0 Å². The number of halogens is 2. The Hall–Kier alpha value is -2.74. The summed E-state index contributed by atoms with van der Waals surface area (Å²) in [5.74, 6) is -0.381. The molecule has 27 heavy (non-hydrogen) atoms. The summed E-state index contributed by atoms with van der Waals surface area (Å²) in [4.78, 5) is 0. The Labute approximate surface area is 160 Å². The number of rotatable bonds is 6. The summed E-state index contributed by atoms with van der Waals surface area (Å²) in [5, 5.41) is 0. The minimum atomic E-state index is -0.226. The van der Waals surface area contributed by atoms with E-state index in [1.807, 2.05) is 48.5 Å². The Kier molecular flexibility index (Phi) is 6.18. The van der Waals surface area contributed by atoms with Gasteiger partial charge in [0.25, 0.3) is 0 Å². The molecule has 0 atom stereocenters. The number of benzene rings is 3. The first-order valence-corrected chi connectivity index (χ1v) is 9.37. The van der Waals surface area contributed by atoms with Crippen LogP contribution in [0, 0.1) is 5.82 Å². The maximum Gasteiger partial charge on any atom is 0.131 e. The second-order valence-electron chi connectivity index (χ2n) is 6.77. The molecule has 3 aromatic rings. The number of hydrogen-bond acceptors (Lipinski definition) is 0. The summed E-state index contributed by atoms with van der Waals surface area (Å²) < 4.78 is 27.5. The molecule has 0 spiro atoms. The van der Waals surface area contributed by atoms with E-state index < -0.39 is 0 Å². The van der Waals surface area contributed by atoms with Crippen LogP contribution in [0.25, 0.3) is 22.3 Å². The Bertz CT molecular complexity index is 916. The van der Waals surface area contributed by atoms with Crippen molar-refractivity contribution in [2.75, 3.05) is 0 Å². The van der Waals surface area contributed by atoms with Gasteiger partial charge in [-0.2, -0.15) is 0 Å². The maximum absolute atomic E-state index is 14.7. The third-order valence-corrected chi connectivity index (χ3v) is 4.79. The summed E-state index contributed by atoms with van der Waals surface area (Å²) in [6.45, 7) is 3.57. The number of aryl methyl sites for hydroxylation is 2. The quantitative estimate of drug-likeness (QED) is 0.425. The summed E-state index contributed by atoms with van der Waals surface area (Å²) in [6.07, 6.45) is 4.02. The van der Waals surface area contributed by atoms with Gasteiger partial charge in [0, 0.05) is 5.56 Å². The average Bonchev–Trinajstić information content (AvgIpc) is 2.68. The molecule has 0 aromatic heterocycles. The normalized spacial score (nSPS) is 11.6. The molecule has 0 N–H and O–H groups in total. The van der Waals surface area contributed by atoms with E-state index in [2.05, 4.69) is 19.1 Å². The minimum absolute atomic E-state index is 0.155. The van der Waals surface area contributed by atoms with Gasteiger partial charge in [-0.1, -0.05) is 73.7 Å². The van der Waals surface area contributed by atoms with Crippen LogP contribution in [0.1, 0.15) is 31.4 Å². The molecule has 0 saturated heterocycles. The van der Waals surface area contributed by atoms with Crippen LogP contribution in [0.15, 0.2) is 78.6 Å². The monoisotopic (exact) mass is 362 g/mol. The summed E-state index contributed by atoms with van der Waals surface area (Å²) in [6, 6.07) is 21.4. The highest BCUT2D eigenvalue weighted by Crippen LogP contribution is 2.28. The number of allylic oxidation sites excluding steroid dienone is 2. The zero-order valence-electron chi connectivity index (χ0n) is 15.8. The van der Waals surface area contributed by atoms with Crippen molar-refractivity contribution in [3.8, 4) is 22.3 Å². The molecule has 138 valence electrons. The van der Waals surface area contributed by atoms with Crippen LogP contribution in [0.4, 0.5) is 8.78 Å². The van der Waals surface area contributed by atoms with Crippen molar-refractivity contribution in [3.05, 3.63) is 95.6 Å². The first-order chi connectivity index (χ1) is 13.1. The van der Waals surface area contributed by atoms with Crippen molar-refractivity contribution in [1.29, 1.82) is 0 Å². The Balaban J connectivity index is 1.78. The van der Waals surface area contributed by atoms with Gasteiger partial charge >= 0.3 is 0 Å². The maximum atomic E-state index is 14.7. The van der Waals surface area contributed by atoms with Crippen molar-refractivity contribution in [1.82, 2.24) is 0 Å². The molecule has 3 rings (SSSR count). The first kappa shape index (κ1) is 19.0. The third-order valence-electron chi connectivity index (χ3n) is 4.79.